The highest BCUT2D eigenvalue weighted by atomic mass is 35.5. The predicted octanol–water partition coefficient (Wildman–Crippen LogP) is 5.91. The molecule has 0 radical (unpaired) electrons. The third kappa shape index (κ3) is 8.85. The fraction of sp³-hybridized carbons (Fsp3) is 0.351. The molecule has 50 heavy (non-hydrogen) atoms. The predicted molar refractivity (Wildman–Crippen MR) is 189 cm³/mol. The number of nitriles is 1. The minimum absolute atomic E-state index is 0.0743. The number of halogens is 1. The van der Waals surface area contributed by atoms with Crippen molar-refractivity contribution in [3.8, 4) is 40.2 Å². The van der Waals surface area contributed by atoms with Gasteiger partial charge in [0, 0.05) is 55.3 Å². The lowest BCUT2D eigenvalue weighted by Crippen LogP contribution is -2.39. The molecule has 1 atom stereocenters. The van der Waals surface area contributed by atoms with Crippen LogP contribution in [0.15, 0.2) is 67.0 Å². The van der Waals surface area contributed by atoms with Gasteiger partial charge in [0.1, 0.15) is 44.0 Å². The van der Waals surface area contributed by atoms with Crippen LogP contribution in [0.25, 0.3) is 11.1 Å². The van der Waals surface area contributed by atoms with Crippen LogP contribution in [0.1, 0.15) is 34.2 Å². The van der Waals surface area contributed by atoms with Crippen LogP contribution in [0, 0.1) is 18.3 Å². The standard InChI is InChI=1S/C37H39ClN4O7S/c1-25-29(4-3-5-32(25)28-6-7-34-37(16-28)47-12-11-46-34)24-49-36-17-35(48-23-27-14-26(18-39)19-40-20-27)30(15-33(36)38)21-42(10-13-50(43,44)45)31-8-9-41(2)22-31/h3-7,14-17,19-20,31H,8-13,21-24H2,1-2H3,(H,43,44,45)/t31-/m1/s1. The molecule has 13 heteroatoms. The van der Waals surface area contributed by atoms with Crippen molar-refractivity contribution >= 4 is 21.7 Å². The largest absolute Gasteiger partial charge is 0.488 e. The van der Waals surface area contributed by atoms with E-state index in [0.29, 0.717) is 47.4 Å². The molecule has 1 aromatic heterocycles. The molecule has 11 nitrogen and oxygen atoms in total. The van der Waals surface area contributed by atoms with Crippen LogP contribution in [-0.4, -0.2) is 79.4 Å². The van der Waals surface area contributed by atoms with E-state index >= 15 is 0 Å². The minimum atomic E-state index is -4.17. The topological polar surface area (TPSA) is 134 Å². The Hall–Kier alpha value is -4.38. The lowest BCUT2D eigenvalue weighted by Gasteiger charge is -2.29. The van der Waals surface area contributed by atoms with Gasteiger partial charge in [-0.1, -0.05) is 35.9 Å². The summed E-state index contributed by atoms with van der Waals surface area (Å²) < 4.78 is 57.2. The molecule has 2 aliphatic heterocycles. The Kier molecular flexibility index (Phi) is 11.1. The first kappa shape index (κ1) is 35.4. The lowest BCUT2D eigenvalue weighted by atomic mass is 9.96. The monoisotopic (exact) mass is 718 g/mol. The number of pyridine rings is 1. The average molecular weight is 719 g/mol. The van der Waals surface area contributed by atoms with Crippen molar-refractivity contribution in [3.05, 3.63) is 99.8 Å². The van der Waals surface area contributed by atoms with Crippen LogP contribution in [-0.2, 0) is 29.9 Å². The van der Waals surface area contributed by atoms with Crippen molar-refractivity contribution in [2.45, 2.75) is 39.1 Å². The SMILES string of the molecule is Cc1c(COc2cc(OCc3cncc(C#N)c3)c(CN(CCS(=O)(=O)O)[C@@H]3CCN(C)C3)cc2Cl)cccc1-c1ccc2c(c1)OCCO2. The van der Waals surface area contributed by atoms with Crippen LogP contribution in [0.4, 0.5) is 0 Å². The van der Waals surface area contributed by atoms with Crippen LogP contribution >= 0.6 is 11.6 Å². The van der Waals surface area contributed by atoms with Crippen LogP contribution in [0.2, 0.25) is 5.02 Å². The molecule has 0 unspecified atom stereocenters. The number of hydrogen-bond acceptors (Lipinski definition) is 10. The van der Waals surface area contributed by atoms with Gasteiger partial charge in [0.25, 0.3) is 10.1 Å². The molecule has 0 saturated carbocycles. The summed E-state index contributed by atoms with van der Waals surface area (Å²) in [5, 5.41) is 9.72. The summed E-state index contributed by atoms with van der Waals surface area (Å²) in [5.41, 5.74) is 5.93. The van der Waals surface area contributed by atoms with Gasteiger partial charge in [-0.2, -0.15) is 13.7 Å². The van der Waals surface area contributed by atoms with E-state index < -0.39 is 15.9 Å². The number of rotatable bonds is 13. The van der Waals surface area contributed by atoms with E-state index in [4.69, 9.17) is 30.5 Å². The zero-order chi connectivity index (χ0) is 35.3. The third-order valence-electron chi connectivity index (χ3n) is 9.01. The molecule has 0 bridgehead atoms. The van der Waals surface area contributed by atoms with Gasteiger partial charge in [0.05, 0.1) is 16.3 Å². The van der Waals surface area contributed by atoms with Gasteiger partial charge in [-0.15, -0.1) is 0 Å². The van der Waals surface area contributed by atoms with Crippen LogP contribution < -0.4 is 18.9 Å². The second-order valence-electron chi connectivity index (χ2n) is 12.6. The minimum Gasteiger partial charge on any atom is -0.488 e. The summed E-state index contributed by atoms with van der Waals surface area (Å²) in [5.74, 6) is 1.98. The summed E-state index contributed by atoms with van der Waals surface area (Å²) in [6, 6.07) is 19.4. The molecule has 1 saturated heterocycles. The smallest absolute Gasteiger partial charge is 0.266 e. The Balaban J connectivity index is 1.27. The number of aromatic nitrogens is 1. The first-order valence-corrected chi connectivity index (χ1v) is 18.3. The molecular formula is C37H39ClN4O7S. The lowest BCUT2D eigenvalue weighted by molar-refractivity contribution is 0.171. The van der Waals surface area contributed by atoms with E-state index in [2.05, 4.69) is 28.9 Å². The number of benzene rings is 3. The van der Waals surface area contributed by atoms with Crippen molar-refractivity contribution in [3.63, 3.8) is 0 Å². The van der Waals surface area contributed by atoms with Gasteiger partial charge in [0.15, 0.2) is 11.5 Å². The molecule has 1 fully saturated rings. The first-order chi connectivity index (χ1) is 24.1. The number of nitrogens with zero attached hydrogens (tertiary/aromatic N) is 4. The van der Waals surface area contributed by atoms with E-state index in [-0.39, 0.29) is 25.8 Å². The molecule has 0 amide bonds. The molecular weight excluding hydrogens is 680 g/mol. The normalized spacial score (nSPS) is 16.0. The van der Waals surface area contributed by atoms with Crippen molar-refractivity contribution in [1.82, 2.24) is 14.8 Å². The zero-order valence-electron chi connectivity index (χ0n) is 28.0. The van der Waals surface area contributed by atoms with Gasteiger partial charge < -0.3 is 23.8 Å². The van der Waals surface area contributed by atoms with Crippen molar-refractivity contribution in [2.24, 2.45) is 0 Å². The number of ether oxygens (including phenoxy) is 4. The Bertz CT molecular complexity index is 2000. The molecule has 2 aliphatic rings. The third-order valence-corrected chi connectivity index (χ3v) is 10.0. The summed E-state index contributed by atoms with van der Waals surface area (Å²) in [7, 11) is -2.15. The highest BCUT2D eigenvalue weighted by Gasteiger charge is 2.28. The average Bonchev–Trinajstić information content (AvgIpc) is 3.55. The number of hydrogen-bond donors (Lipinski definition) is 1. The van der Waals surface area contributed by atoms with Gasteiger partial charge in [-0.05, 0) is 73.5 Å². The molecule has 4 aromatic rings. The van der Waals surface area contributed by atoms with Gasteiger partial charge in [-0.3, -0.25) is 14.4 Å². The number of fused-ring (bicyclic) bond motifs is 1. The number of likely N-dealkylation sites (tertiary alicyclic amines) is 1. The molecule has 0 spiro atoms. The molecule has 3 heterocycles. The van der Waals surface area contributed by atoms with E-state index in [1.165, 1.54) is 6.20 Å². The first-order valence-electron chi connectivity index (χ1n) is 16.3. The van der Waals surface area contributed by atoms with E-state index in [1.54, 1.807) is 24.4 Å². The van der Waals surface area contributed by atoms with E-state index in [9.17, 15) is 18.2 Å². The quantitative estimate of drug-likeness (QED) is 0.166. The highest BCUT2D eigenvalue weighted by molar-refractivity contribution is 7.85. The van der Waals surface area contributed by atoms with Gasteiger partial charge in [0.2, 0.25) is 0 Å². The molecule has 1 N–H and O–H groups in total. The maximum absolute atomic E-state index is 11.7. The molecule has 262 valence electrons. The molecule has 3 aromatic carbocycles. The fourth-order valence-corrected chi connectivity index (χ4v) is 7.01. The summed E-state index contributed by atoms with van der Waals surface area (Å²) >= 11 is 6.86. The van der Waals surface area contributed by atoms with Crippen molar-refractivity contribution < 1.29 is 31.9 Å². The summed E-state index contributed by atoms with van der Waals surface area (Å²) in [6.45, 7) is 5.57. The van der Waals surface area contributed by atoms with Crippen molar-refractivity contribution in [2.75, 3.05) is 45.6 Å². The Labute approximate surface area is 297 Å². The summed E-state index contributed by atoms with van der Waals surface area (Å²) in [4.78, 5) is 8.37. The Morgan fingerprint density at radius 3 is 2.60 bits per heavy atom. The number of likely N-dealkylation sites (N-methyl/N-ethyl adjacent to an activating group) is 1. The fourth-order valence-electron chi connectivity index (χ4n) is 6.30. The maximum atomic E-state index is 11.7. The van der Waals surface area contributed by atoms with Gasteiger partial charge >= 0.3 is 0 Å². The van der Waals surface area contributed by atoms with E-state index in [1.807, 2.05) is 42.3 Å². The molecule has 6 rings (SSSR count). The van der Waals surface area contributed by atoms with Crippen molar-refractivity contribution in [1.29, 1.82) is 5.26 Å². The van der Waals surface area contributed by atoms with Crippen LogP contribution in [0.3, 0.4) is 0 Å². The molecule has 0 aliphatic carbocycles. The summed E-state index contributed by atoms with van der Waals surface area (Å²) in [6.07, 6.45) is 3.97. The van der Waals surface area contributed by atoms with Crippen LogP contribution in [0.5, 0.6) is 23.0 Å². The highest BCUT2D eigenvalue weighted by Crippen LogP contribution is 2.38. The van der Waals surface area contributed by atoms with E-state index in [0.717, 1.165) is 58.8 Å². The Morgan fingerprint density at radius 2 is 1.84 bits per heavy atom. The second-order valence-corrected chi connectivity index (χ2v) is 14.6. The second kappa shape index (κ2) is 15.7. The maximum Gasteiger partial charge on any atom is 0.266 e. The zero-order valence-corrected chi connectivity index (χ0v) is 29.5. The Morgan fingerprint density at radius 1 is 1.04 bits per heavy atom. The van der Waals surface area contributed by atoms with Gasteiger partial charge in [-0.25, -0.2) is 0 Å².